The maximum absolute atomic E-state index is 13.0. The highest BCUT2D eigenvalue weighted by Crippen LogP contribution is 2.37. The summed E-state index contributed by atoms with van der Waals surface area (Å²) in [6.45, 7) is 6.34. The Kier molecular flexibility index (Phi) is 7.77. The fraction of sp³-hybridized carbons (Fsp3) is 0.259. The molecule has 1 aromatic heterocycles. The van der Waals surface area contributed by atoms with Crippen molar-refractivity contribution in [2.45, 2.75) is 43.9 Å². The fourth-order valence-corrected chi connectivity index (χ4v) is 6.05. The molecule has 0 saturated carbocycles. The average molecular weight is 519 g/mol. The van der Waals surface area contributed by atoms with Crippen LogP contribution in [-0.4, -0.2) is 34.4 Å². The van der Waals surface area contributed by atoms with E-state index in [9.17, 15) is 19.6 Å². The molecule has 0 aliphatic carbocycles. The van der Waals surface area contributed by atoms with Crippen LogP contribution in [0.3, 0.4) is 0 Å². The highest BCUT2D eigenvalue weighted by molar-refractivity contribution is 8.00. The van der Waals surface area contributed by atoms with E-state index in [4.69, 9.17) is 0 Å². The standard InChI is InChI=1S/C27H26N4O3S2/c1-16-7-9-19(10-8-16)26(34)29-20-5-4-6-21(13-20)35-17(2)25(33)30-27-23(14-28)22-11-12-31(18(3)32)15-24(22)36-27/h4-10,13,17H,11-12,15H2,1-3H3,(H,29,34)(H,30,33). The molecule has 3 aromatic rings. The molecule has 1 aliphatic heterocycles. The van der Waals surface area contributed by atoms with Gasteiger partial charge in [-0.2, -0.15) is 5.26 Å². The Morgan fingerprint density at radius 3 is 2.58 bits per heavy atom. The van der Waals surface area contributed by atoms with Gasteiger partial charge in [-0.05, 0) is 56.2 Å². The number of thiophene rings is 1. The van der Waals surface area contributed by atoms with Crippen molar-refractivity contribution in [1.29, 1.82) is 5.26 Å². The van der Waals surface area contributed by atoms with Crippen LogP contribution >= 0.6 is 23.1 Å². The summed E-state index contributed by atoms with van der Waals surface area (Å²) in [4.78, 5) is 40.8. The molecule has 0 saturated heterocycles. The van der Waals surface area contributed by atoms with Crippen molar-refractivity contribution in [3.05, 3.63) is 75.7 Å². The molecule has 4 rings (SSSR count). The van der Waals surface area contributed by atoms with Gasteiger partial charge in [-0.25, -0.2) is 0 Å². The summed E-state index contributed by atoms with van der Waals surface area (Å²) in [6.07, 6.45) is 0.607. The second-order valence-corrected chi connectivity index (χ2v) is 11.1. The van der Waals surface area contributed by atoms with Crippen LogP contribution in [0.1, 0.15) is 45.8 Å². The quantitative estimate of drug-likeness (QED) is 0.437. The van der Waals surface area contributed by atoms with Gasteiger partial charge in [0.25, 0.3) is 5.91 Å². The average Bonchev–Trinajstić information content (AvgIpc) is 3.20. The van der Waals surface area contributed by atoms with E-state index >= 15 is 0 Å². The van der Waals surface area contributed by atoms with Crippen LogP contribution in [0.4, 0.5) is 10.7 Å². The van der Waals surface area contributed by atoms with Gasteiger partial charge in [0.15, 0.2) is 0 Å². The molecule has 0 radical (unpaired) electrons. The van der Waals surface area contributed by atoms with Gasteiger partial charge in [-0.15, -0.1) is 23.1 Å². The molecule has 3 amide bonds. The van der Waals surface area contributed by atoms with E-state index in [1.54, 1.807) is 30.0 Å². The number of thioether (sulfide) groups is 1. The molecule has 1 aliphatic rings. The van der Waals surface area contributed by atoms with Crippen LogP contribution in [-0.2, 0) is 22.6 Å². The first kappa shape index (κ1) is 25.5. The normalized spacial score (nSPS) is 13.3. The van der Waals surface area contributed by atoms with Crippen LogP contribution in [0.15, 0.2) is 53.4 Å². The number of amides is 3. The minimum Gasteiger partial charge on any atom is -0.337 e. The van der Waals surface area contributed by atoms with E-state index in [1.165, 1.54) is 30.0 Å². The minimum atomic E-state index is -0.438. The number of carbonyl (C=O) groups is 3. The zero-order valence-electron chi connectivity index (χ0n) is 20.3. The molecule has 2 heterocycles. The number of rotatable bonds is 6. The number of hydrogen-bond donors (Lipinski definition) is 2. The Hall–Kier alpha value is -3.61. The van der Waals surface area contributed by atoms with Crippen molar-refractivity contribution in [3.8, 4) is 6.07 Å². The summed E-state index contributed by atoms with van der Waals surface area (Å²) in [5, 5.41) is 15.6. The molecule has 2 aromatic carbocycles. The predicted molar refractivity (Wildman–Crippen MR) is 143 cm³/mol. The van der Waals surface area contributed by atoms with Crippen molar-refractivity contribution in [1.82, 2.24) is 4.90 Å². The molecule has 1 atom stereocenters. The highest BCUT2D eigenvalue weighted by atomic mass is 32.2. The number of nitrogens with one attached hydrogen (secondary N) is 2. The Labute approximate surface area is 218 Å². The highest BCUT2D eigenvalue weighted by Gasteiger charge is 2.27. The number of aryl methyl sites for hydroxylation is 1. The number of hydrogen-bond acceptors (Lipinski definition) is 6. The van der Waals surface area contributed by atoms with Crippen LogP contribution in [0.2, 0.25) is 0 Å². The third-order valence-corrected chi connectivity index (χ3v) is 8.16. The van der Waals surface area contributed by atoms with Crippen LogP contribution < -0.4 is 10.6 Å². The molecule has 1 unspecified atom stereocenters. The van der Waals surface area contributed by atoms with Crippen molar-refractivity contribution in [2.75, 3.05) is 17.2 Å². The van der Waals surface area contributed by atoms with Crippen molar-refractivity contribution in [2.24, 2.45) is 0 Å². The molecule has 2 N–H and O–H groups in total. The molecular formula is C27H26N4O3S2. The SMILES string of the molecule is CC(=O)N1CCc2c(sc(NC(=O)C(C)Sc3cccc(NC(=O)c4ccc(C)cc4)c3)c2C#N)C1. The monoisotopic (exact) mass is 518 g/mol. The molecule has 0 spiro atoms. The van der Waals surface area contributed by atoms with Gasteiger partial charge in [0.1, 0.15) is 11.1 Å². The van der Waals surface area contributed by atoms with Gasteiger partial charge in [0.2, 0.25) is 11.8 Å². The maximum Gasteiger partial charge on any atom is 0.255 e. The number of anilines is 2. The second kappa shape index (κ2) is 11.0. The number of carbonyl (C=O) groups excluding carboxylic acids is 3. The molecule has 184 valence electrons. The lowest BCUT2D eigenvalue weighted by Crippen LogP contribution is -2.33. The Bertz CT molecular complexity index is 1360. The van der Waals surface area contributed by atoms with Crippen molar-refractivity contribution in [3.63, 3.8) is 0 Å². The number of fused-ring (bicyclic) bond motifs is 1. The Morgan fingerprint density at radius 2 is 1.89 bits per heavy atom. The summed E-state index contributed by atoms with van der Waals surface area (Å²) in [5.74, 6) is -0.412. The zero-order valence-corrected chi connectivity index (χ0v) is 21.9. The predicted octanol–water partition coefficient (Wildman–Crippen LogP) is 5.20. The topological polar surface area (TPSA) is 102 Å². The first-order valence-corrected chi connectivity index (χ1v) is 13.2. The molecular weight excluding hydrogens is 492 g/mol. The lowest BCUT2D eigenvalue weighted by molar-refractivity contribution is -0.129. The Morgan fingerprint density at radius 1 is 1.14 bits per heavy atom. The summed E-state index contributed by atoms with van der Waals surface area (Å²) < 4.78 is 0. The second-order valence-electron chi connectivity index (χ2n) is 8.61. The summed E-state index contributed by atoms with van der Waals surface area (Å²) in [5.41, 5.74) is 3.72. The first-order valence-electron chi connectivity index (χ1n) is 11.5. The maximum atomic E-state index is 13.0. The molecule has 0 fully saturated rings. The van der Waals surface area contributed by atoms with E-state index in [1.807, 2.05) is 37.3 Å². The molecule has 7 nitrogen and oxygen atoms in total. The molecule has 9 heteroatoms. The largest absolute Gasteiger partial charge is 0.337 e. The van der Waals surface area contributed by atoms with E-state index in [0.29, 0.717) is 41.3 Å². The summed E-state index contributed by atoms with van der Waals surface area (Å²) >= 11 is 2.73. The number of nitriles is 1. The third-order valence-electron chi connectivity index (χ3n) is 5.94. The van der Waals surface area contributed by atoms with Gasteiger partial charge < -0.3 is 15.5 Å². The number of nitrogens with zero attached hydrogens (tertiary/aromatic N) is 2. The van der Waals surface area contributed by atoms with Crippen LogP contribution in [0.5, 0.6) is 0 Å². The van der Waals surface area contributed by atoms with Crippen LogP contribution in [0, 0.1) is 18.3 Å². The lowest BCUT2D eigenvalue weighted by atomic mass is 10.0. The first-order chi connectivity index (χ1) is 17.2. The lowest BCUT2D eigenvalue weighted by Gasteiger charge is -2.25. The van der Waals surface area contributed by atoms with E-state index < -0.39 is 5.25 Å². The van der Waals surface area contributed by atoms with Crippen LogP contribution in [0.25, 0.3) is 0 Å². The van der Waals surface area contributed by atoms with Gasteiger partial charge in [0, 0.05) is 34.5 Å². The molecule has 0 bridgehead atoms. The summed E-state index contributed by atoms with van der Waals surface area (Å²) in [7, 11) is 0. The van der Waals surface area contributed by atoms with E-state index in [-0.39, 0.29) is 17.7 Å². The van der Waals surface area contributed by atoms with Gasteiger partial charge in [-0.1, -0.05) is 23.8 Å². The molecule has 36 heavy (non-hydrogen) atoms. The zero-order chi connectivity index (χ0) is 25.8. The third kappa shape index (κ3) is 5.78. The van der Waals surface area contributed by atoms with Gasteiger partial charge in [0.05, 0.1) is 17.4 Å². The fourth-order valence-electron chi connectivity index (χ4n) is 3.91. The minimum absolute atomic E-state index is 0.000418. The van der Waals surface area contributed by atoms with Gasteiger partial charge in [-0.3, -0.25) is 14.4 Å². The van der Waals surface area contributed by atoms with E-state index in [0.717, 1.165) is 20.9 Å². The van der Waals surface area contributed by atoms with E-state index in [2.05, 4.69) is 16.7 Å². The Balaban J connectivity index is 1.41. The van der Waals surface area contributed by atoms with Crippen molar-refractivity contribution < 1.29 is 14.4 Å². The smallest absolute Gasteiger partial charge is 0.255 e. The van der Waals surface area contributed by atoms with Crippen molar-refractivity contribution >= 4 is 51.5 Å². The summed E-state index contributed by atoms with van der Waals surface area (Å²) in [6, 6.07) is 16.9. The van der Waals surface area contributed by atoms with Gasteiger partial charge >= 0.3 is 0 Å². The number of benzene rings is 2.